The number of nitrogens with one attached hydrogen (secondary N) is 1. The second kappa shape index (κ2) is 6.19. The van der Waals surface area contributed by atoms with Crippen molar-refractivity contribution in [1.29, 1.82) is 0 Å². The normalized spacial score (nSPS) is 27.6. The summed E-state index contributed by atoms with van der Waals surface area (Å²) >= 11 is 0. The molecule has 0 aromatic rings. The van der Waals surface area contributed by atoms with E-state index in [1.165, 1.54) is 12.7 Å². The Labute approximate surface area is 106 Å². The van der Waals surface area contributed by atoms with Gasteiger partial charge in [0.15, 0.2) is 9.84 Å². The van der Waals surface area contributed by atoms with Crippen LogP contribution in [0.25, 0.3) is 0 Å². The van der Waals surface area contributed by atoms with E-state index >= 15 is 0 Å². The monoisotopic (exact) mass is 261 g/mol. The van der Waals surface area contributed by atoms with Crippen LogP contribution in [0.2, 0.25) is 0 Å². The van der Waals surface area contributed by atoms with Crippen LogP contribution in [0, 0.1) is 5.92 Å². The Morgan fingerprint density at radius 3 is 2.35 bits per heavy atom. The van der Waals surface area contributed by atoms with E-state index < -0.39 is 9.84 Å². The molecule has 1 aliphatic rings. The van der Waals surface area contributed by atoms with Crippen LogP contribution in [-0.2, 0) is 9.84 Å². The van der Waals surface area contributed by atoms with E-state index in [9.17, 15) is 8.42 Å². The third-order valence-corrected chi connectivity index (χ3v) is 5.34. The van der Waals surface area contributed by atoms with Gasteiger partial charge in [-0.15, -0.1) is 0 Å². The highest BCUT2D eigenvalue weighted by atomic mass is 32.2. The lowest BCUT2D eigenvalue weighted by Gasteiger charge is -2.24. The molecule has 1 rings (SSSR count). The third kappa shape index (κ3) is 4.96. The first-order valence-electron chi connectivity index (χ1n) is 6.75. The Kier molecular flexibility index (Phi) is 5.45. The van der Waals surface area contributed by atoms with Crippen molar-refractivity contribution in [1.82, 2.24) is 5.32 Å². The van der Waals surface area contributed by atoms with Crippen LogP contribution in [0.3, 0.4) is 0 Å². The molecular weight excluding hydrogens is 234 g/mol. The van der Waals surface area contributed by atoms with E-state index in [0.29, 0.717) is 12.0 Å². The average Bonchev–Trinajstić information content (AvgIpc) is 2.62. The zero-order valence-electron chi connectivity index (χ0n) is 11.6. The Bertz CT molecular complexity index is 324. The molecule has 0 aromatic heterocycles. The molecule has 0 aromatic carbocycles. The zero-order valence-corrected chi connectivity index (χ0v) is 12.4. The minimum atomic E-state index is -2.89. The smallest absolute Gasteiger partial charge is 0.151 e. The van der Waals surface area contributed by atoms with Crippen LogP contribution in [0.1, 0.15) is 52.9 Å². The lowest BCUT2D eigenvalue weighted by Crippen LogP contribution is -2.44. The number of sulfone groups is 1. The number of rotatable bonds is 6. The molecule has 1 aliphatic carbocycles. The van der Waals surface area contributed by atoms with E-state index in [1.807, 2.05) is 0 Å². The number of hydrogen-bond acceptors (Lipinski definition) is 3. The van der Waals surface area contributed by atoms with Gasteiger partial charge < -0.3 is 5.32 Å². The Morgan fingerprint density at radius 1 is 1.18 bits per heavy atom. The highest BCUT2D eigenvalue weighted by molar-refractivity contribution is 7.91. The Morgan fingerprint density at radius 2 is 1.82 bits per heavy atom. The molecule has 0 bridgehead atoms. The molecule has 0 amide bonds. The predicted octanol–water partition coefficient (Wildman–Crippen LogP) is 2.37. The van der Waals surface area contributed by atoms with E-state index in [4.69, 9.17) is 0 Å². The lowest BCUT2D eigenvalue weighted by molar-refractivity contribution is 0.400. The first-order valence-corrected chi connectivity index (χ1v) is 8.71. The molecule has 4 heteroatoms. The number of hydrogen-bond donors (Lipinski definition) is 1. The highest BCUT2D eigenvalue weighted by Crippen LogP contribution is 2.25. The van der Waals surface area contributed by atoms with Gasteiger partial charge in [0.25, 0.3) is 0 Å². The minimum absolute atomic E-state index is 0.163. The lowest BCUT2D eigenvalue weighted by atomic mass is 10.0. The Hall–Kier alpha value is -0.0900. The largest absolute Gasteiger partial charge is 0.310 e. The molecule has 0 aliphatic heterocycles. The van der Waals surface area contributed by atoms with Crippen LogP contribution in [-0.4, -0.2) is 32.0 Å². The maximum absolute atomic E-state index is 11.7. The summed E-state index contributed by atoms with van der Waals surface area (Å²) in [5.41, 5.74) is 0. The minimum Gasteiger partial charge on any atom is -0.310 e. The van der Waals surface area contributed by atoms with Crippen LogP contribution >= 0.6 is 0 Å². The van der Waals surface area contributed by atoms with E-state index in [0.717, 1.165) is 25.7 Å². The van der Waals surface area contributed by atoms with Gasteiger partial charge in [-0.2, -0.15) is 0 Å². The maximum Gasteiger partial charge on any atom is 0.151 e. The molecule has 0 spiro atoms. The van der Waals surface area contributed by atoms with Crippen molar-refractivity contribution in [2.24, 2.45) is 5.92 Å². The SMILES string of the molecule is CC(C)CCC(C)NC1CCCC1S(C)(=O)=O. The van der Waals surface area contributed by atoms with Crippen LogP contribution in [0.5, 0.6) is 0 Å². The van der Waals surface area contributed by atoms with Gasteiger partial charge in [-0.25, -0.2) is 8.42 Å². The zero-order chi connectivity index (χ0) is 13.1. The van der Waals surface area contributed by atoms with Crippen LogP contribution in [0.4, 0.5) is 0 Å². The van der Waals surface area contributed by atoms with Gasteiger partial charge in [0.05, 0.1) is 5.25 Å². The summed E-state index contributed by atoms with van der Waals surface area (Å²) in [6.45, 7) is 6.61. The average molecular weight is 261 g/mol. The van der Waals surface area contributed by atoms with Crippen LogP contribution < -0.4 is 5.32 Å². The van der Waals surface area contributed by atoms with Gasteiger partial charge in [0, 0.05) is 18.3 Å². The highest BCUT2D eigenvalue weighted by Gasteiger charge is 2.35. The summed E-state index contributed by atoms with van der Waals surface area (Å²) < 4.78 is 23.3. The van der Waals surface area contributed by atoms with E-state index in [2.05, 4.69) is 26.1 Å². The molecule has 102 valence electrons. The summed E-state index contributed by atoms with van der Waals surface area (Å²) in [5, 5.41) is 3.35. The van der Waals surface area contributed by atoms with Crippen molar-refractivity contribution in [3.05, 3.63) is 0 Å². The van der Waals surface area contributed by atoms with Gasteiger partial charge in [0.2, 0.25) is 0 Å². The first-order chi connectivity index (χ1) is 7.80. The summed E-state index contributed by atoms with van der Waals surface area (Å²) in [5.74, 6) is 0.716. The fraction of sp³-hybridized carbons (Fsp3) is 1.00. The topological polar surface area (TPSA) is 46.2 Å². The van der Waals surface area contributed by atoms with E-state index in [1.54, 1.807) is 0 Å². The summed E-state index contributed by atoms with van der Waals surface area (Å²) in [7, 11) is -2.89. The molecular formula is C13H27NO2S. The molecule has 0 saturated heterocycles. The molecule has 1 N–H and O–H groups in total. The van der Waals surface area contributed by atoms with Gasteiger partial charge in [-0.05, 0) is 38.5 Å². The van der Waals surface area contributed by atoms with Gasteiger partial charge in [-0.1, -0.05) is 20.3 Å². The maximum atomic E-state index is 11.7. The second-order valence-electron chi connectivity index (χ2n) is 5.94. The standard InChI is InChI=1S/C13H27NO2S/c1-10(2)8-9-11(3)14-12-6-5-7-13(12)17(4,15)16/h10-14H,5-9H2,1-4H3. The fourth-order valence-corrected chi connectivity index (χ4v) is 4.07. The molecule has 0 radical (unpaired) electrons. The second-order valence-corrected chi connectivity index (χ2v) is 8.21. The van der Waals surface area contributed by atoms with Crippen LogP contribution in [0.15, 0.2) is 0 Å². The van der Waals surface area contributed by atoms with Gasteiger partial charge >= 0.3 is 0 Å². The van der Waals surface area contributed by atoms with Crippen molar-refractivity contribution in [3.8, 4) is 0 Å². The van der Waals surface area contributed by atoms with Crippen molar-refractivity contribution in [2.45, 2.75) is 70.2 Å². The molecule has 3 unspecified atom stereocenters. The van der Waals surface area contributed by atoms with Gasteiger partial charge in [0.1, 0.15) is 0 Å². The van der Waals surface area contributed by atoms with Crippen molar-refractivity contribution >= 4 is 9.84 Å². The quantitative estimate of drug-likeness (QED) is 0.798. The van der Waals surface area contributed by atoms with Gasteiger partial charge in [-0.3, -0.25) is 0 Å². The molecule has 17 heavy (non-hydrogen) atoms. The van der Waals surface area contributed by atoms with Crippen molar-refractivity contribution in [3.63, 3.8) is 0 Å². The fourth-order valence-electron chi connectivity index (χ4n) is 2.66. The summed E-state index contributed by atoms with van der Waals surface area (Å²) in [4.78, 5) is 0. The molecule has 3 atom stereocenters. The van der Waals surface area contributed by atoms with Crippen molar-refractivity contribution < 1.29 is 8.42 Å². The molecule has 1 fully saturated rings. The Balaban J connectivity index is 2.45. The predicted molar refractivity (Wildman–Crippen MR) is 72.9 cm³/mol. The van der Waals surface area contributed by atoms with E-state index in [-0.39, 0.29) is 11.3 Å². The third-order valence-electron chi connectivity index (χ3n) is 3.68. The molecule has 0 heterocycles. The summed E-state index contributed by atoms with van der Waals surface area (Å²) in [6.07, 6.45) is 6.56. The molecule has 3 nitrogen and oxygen atoms in total. The first kappa shape index (κ1) is 15.0. The summed E-state index contributed by atoms with van der Waals surface area (Å²) in [6, 6.07) is 0.594. The molecule has 1 saturated carbocycles. The van der Waals surface area contributed by atoms with Crippen molar-refractivity contribution in [2.75, 3.05) is 6.26 Å².